The molecule has 0 heterocycles. The first-order chi connectivity index (χ1) is 7.49. The van der Waals surface area contributed by atoms with E-state index in [9.17, 15) is 0 Å². The summed E-state index contributed by atoms with van der Waals surface area (Å²) in [5.74, 6) is 0.401. The Bertz CT molecular complexity index is 416. The van der Waals surface area contributed by atoms with Crippen LogP contribution >= 0.6 is 0 Å². The second-order valence-corrected chi connectivity index (χ2v) is 4.99. The molecule has 0 bridgehead atoms. The summed E-state index contributed by atoms with van der Waals surface area (Å²) in [6, 6.07) is 10.6. The van der Waals surface area contributed by atoms with Gasteiger partial charge in [0.2, 0.25) is 0 Å². The normalized spacial score (nSPS) is 29.6. The van der Waals surface area contributed by atoms with E-state index in [-0.39, 0.29) is 5.54 Å². The number of rotatable bonds is 1. The van der Waals surface area contributed by atoms with Crippen LogP contribution in [0.5, 0.6) is 0 Å². The molecule has 0 saturated carbocycles. The summed E-state index contributed by atoms with van der Waals surface area (Å²) >= 11 is 0. The van der Waals surface area contributed by atoms with Crippen LogP contribution in [-0.4, -0.2) is 5.54 Å². The topological polar surface area (TPSA) is 26.0 Å². The summed E-state index contributed by atoms with van der Waals surface area (Å²) in [6.45, 7) is 6.37. The van der Waals surface area contributed by atoms with E-state index in [2.05, 4.69) is 56.3 Å². The molecule has 16 heavy (non-hydrogen) atoms. The van der Waals surface area contributed by atoms with Gasteiger partial charge in [0.15, 0.2) is 0 Å². The fourth-order valence-electron chi connectivity index (χ4n) is 2.72. The lowest BCUT2D eigenvalue weighted by atomic mass is 9.77. The fraction of sp³-hybridized carbons (Fsp3) is 0.333. The van der Waals surface area contributed by atoms with Crippen LogP contribution in [0.4, 0.5) is 0 Å². The largest absolute Gasteiger partial charge is 0.319 e. The van der Waals surface area contributed by atoms with E-state index in [0.29, 0.717) is 5.92 Å². The highest BCUT2D eigenvalue weighted by atomic mass is 14.7. The molecule has 1 aromatic carbocycles. The maximum atomic E-state index is 6.15. The molecule has 0 fully saturated rings. The van der Waals surface area contributed by atoms with Gasteiger partial charge >= 0.3 is 0 Å². The molecule has 84 valence electrons. The first-order valence-electron chi connectivity index (χ1n) is 5.72. The predicted octanol–water partition coefficient (Wildman–Crippen LogP) is 3.39. The third-order valence-corrected chi connectivity index (χ3v) is 3.12. The Morgan fingerprint density at radius 1 is 1.00 bits per heavy atom. The summed E-state index contributed by atoms with van der Waals surface area (Å²) in [7, 11) is 0. The van der Waals surface area contributed by atoms with E-state index in [4.69, 9.17) is 5.73 Å². The zero-order chi connectivity index (χ0) is 11.8. The van der Waals surface area contributed by atoms with Crippen molar-refractivity contribution in [3.63, 3.8) is 0 Å². The second-order valence-electron chi connectivity index (χ2n) is 4.99. The average Bonchev–Trinajstić information content (AvgIpc) is 2.16. The van der Waals surface area contributed by atoms with Crippen LogP contribution in [0.15, 0.2) is 53.6 Å². The van der Waals surface area contributed by atoms with Gasteiger partial charge < -0.3 is 5.73 Å². The molecule has 0 spiro atoms. The highest BCUT2D eigenvalue weighted by Crippen LogP contribution is 2.36. The zero-order valence-electron chi connectivity index (χ0n) is 10.2. The monoisotopic (exact) mass is 213 g/mol. The third kappa shape index (κ3) is 2.10. The Hall–Kier alpha value is -1.34. The van der Waals surface area contributed by atoms with Gasteiger partial charge in [-0.3, -0.25) is 0 Å². The SMILES string of the molecule is CC1=CC(C)(N)C=C(C)C1c1ccccc1. The minimum atomic E-state index is -0.292. The fourth-order valence-corrected chi connectivity index (χ4v) is 2.72. The van der Waals surface area contributed by atoms with E-state index in [1.807, 2.05) is 6.92 Å². The molecule has 1 nitrogen and oxygen atoms in total. The van der Waals surface area contributed by atoms with Gasteiger partial charge in [0.05, 0.1) is 5.54 Å². The van der Waals surface area contributed by atoms with Crippen molar-refractivity contribution >= 4 is 0 Å². The standard InChI is InChI=1S/C15H19N/c1-11-9-15(3,16)10-12(2)14(11)13-7-5-4-6-8-13/h4-10,14H,16H2,1-3H3. The Kier molecular flexibility index (Phi) is 2.73. The van der Waals surface area contributed by atoms with E-state index in [1.54, 1.807) is 0 Å². The van der Waals surface area contributed by atoms with E-state index < -0.39 is 0 Å². The molecule has 0 saturated heterocycles. The first kappa shape index (κ1) is 11.2. The maximum absolute atomic E-state index is 6.15. The highest BCUT2D eigenvalue weighted by Gasteiger charge is 2.25. The number of hydrogen-bond acceptors (Lipinski definition) is 1. The Morgan fingerprint density at radius 3 is 2.00 bits per heavy atom. The molecule has 1 aliphatic carbocycles. The second kappa shape index (κ2) is 3.91. The van der Waals surface area contributed by atoms with Crippen LogP contribution in [-0.2, 0) is 0 Å². The van der Waals surface area contributed by atoms with Gasteiger partial charge in [-0.25, -0.2) is 0 Å². The highest BCUT2D eigenvalue weighted by molar-refractivity contribution is 5.44. The van der Waals surface area contributed by atoms with Crippen LogP contribution < -0.4 is 5.73 Å². The van der Waals surface area contributed by atoms with E-state index in [1.165, 1.54) is 16.7 Å². The first-order valence-corrected chi connectivity index (χ1v) is 5.72. The van der Waals surface area contributed by atoms with Gasteiger partial charge in [0, 0.05) is 5.92 Å². The molecule has 2 rings (SSSR count). The van der Waals surface area contributed by atoms with Crippen molar-refractivity contribution in [1.82, 2.24) is 0 Å². The van der Waals surface area contributed by atoms with Crippen LogP contribution in [0.3, 0.4) is 0 Å². The van der Waals surface area contributed by atoms with Gasteiger partial charge in [-0.1, -0.05) is 53.6 Å². The zero-order valence-corrected chi connectivity index (χ0v) is 10.2. The number of allylic oxidation sites excluding steroid dienone is 2. The van der Waals surface area contributed by atoms with Crippen molar-refractivity contribution in [2.45, 2.75) is 32.2 Å². The summed E-state index contributed by atoms with van der Waals surface area (Å²) in [4.78, 5) is 0. The quantitative estimate of drug-likeness (QED) is 0.711. The molecule has 2 N–H and O–H groups in total. The van der Waals surface area contributed by atoms with Crippen molar-refractivity contribution < 1.29 is 0 Å². The van der Waals surface area contributed by atoms with E-state index >= 15 is 0 Å². The maximum Gasteiger partial charge on any atom is 0.0502 e. The van der Waals surface area contributed by atoms with Gasteiger partial charge in [-0.15, -0.1) is 0 Å². The van der Waals surface area contributed by atoms with Crippen LogP contribution in [0.2, 0.25) is 0 Å². The molecule has 0 aromatic heterocycles. The van der Waals surface area contributed by atoms with E-state index in [0.717, 1.165) is 0 Å². The molecule has 0 unspecified atom stereocenters. The summed E-state index contributed by atoms with van der Waals surface area (Å²) in [5, 5.41) is 0. The number of benzene rings is 1. The minimum Gasteiger partial charge on any atom is -0.319 e. The van der Waals surface area contributed by atoms with Gasteiger partial charge in [-0.05, 0) is 26.3 Å². The lowest BCUT2D eigenvalue weighted by Crippen LogP contribution is -2.34. The molecular formula is C15H19N. The molecule has 1 heteroatoms. The van der Waals surface area contributed by atoms with Crippen molar-refractivity contribution in [3.8, 4) is 0 Å². The van der Waals surface area contributed by atoms with Crippen molar-refractivity contribution in [3.05, 3.63) is 59.2 Å². The van der Waals surface area contributed by atoms with Crippen molar-refractivity contribution in [2.24, 2.45) is 5.73 Å². The number of nitrogens with two attached hydrogens (primary N) is 1. The average molecular weight is 213 g/mol. The summed E-state index contributed by atoms with van der Waals surface area (Å²) in [6.07, 6.45) is 4.33. The molecule has 1 aromatic rings. The Balaban J connectivity index is 2.42. The minimum absolute atomic E-state index is 0.292. The number of hydrogen-bond donors (Lipinski definition) is 1. The molecule has 0 atom stereocenters. The molecule has 0 radical (unpaired) electrons. The van der Waals surface area contributed by atoms with Crippen LogP contribution in [0, 0.1) is 0 Å². The van der Waals surface area contributed by atoms with Gasteiger partial charge in [0.1, 0.15) is 0 Å². The molecule has 0 aliphatic heterocycles. The van der Waals surface area contributed by atoms with Gasteiger partial charge in [-0.2, -0.15) is 0 Å². The predicted molar refractivity (Wildman–Crippen MR) is 69.3 cm³/mol. The molecule has 0 amide bonds. The lowest BCUT2D eigenvalue weighted by molar-refractivity contribution is 0.680. The van der Waals surface area contributed by atoms with Crippen molar-refractivity contribution in [2.75, 3.05) is 0 Å². The van der Waals surface area contributed by atoms with Crippen LogP contribution in [0.1, 0.15) is 32.3 Å². The van der Waals surface area contributed by atoms with Gasteiger partial charge in [0.25, 0.3) is 0 Å². The lowest BCUT2D eigenvalue weighted by Gasteiger charge is -2.30. The smallest absolute Gasteiger partial charge is 0.0502 e. The third-order valence-electron chi connectivity index (χ3n) is 3.12. The molecular weight excluding hydrogens is 194 g/mol. The summed E-state index contributed by atoms with van der Waals surface area (Å²) in [5.41, 5.74) is 9.89. The van der Waals surface area contributed by atoms with Crippen LogP contribution in [0.25, 0.3) is 0 Å². The summed E-state index contributed by atoms with van der Waals surface area (Å²) < 4.78 is 0. The Labute approximate surface area is 97.7 Å². The van der Waals surface area contributed by atoms with Crippen molar-refractivity contribution in [1.29, 1.82) is 0 Å². The molecule has 1 aliphatic rings. The Morgan fingerprint density at radius 2 is 1.50 bits per heavy atom.